The van der Waals surface area contributed by atoms with Crippen molar-refractivity contribution in [2.45, 2.75) is 6.92 Å². The number of carbonyl (C=O) groups is 1. The molecule has 1 radical (unpaired) electrons. The largest absolute Gasteiger partial charge is 0.435 e. The van der Waals surface area contributed by atoms with Crippen molar-refractivity contribution in [3.05, 3.63) is 19.3 Å². The first-order chi connectivity index (χ1) is 3.31. The van der Waals surface area contributed by atoms with E-state index in [0.29, 0.717) is 0 Å². The molecule has 0 aromatic heterocycles. The minimum absolute atomic E-state index is 0.366. The Morgan fingerprint density at radius 1 is 1.86 bits per heavy atom. The maximum atomic E-state index is 10.1. The molecule has 0 aliphatic carbocycles. The summed E-state index contributed by atoms with van der Waals surface area (Å²) in [6.07, 6.45) is 2.42. The van der Waals surface area contributed by atoms with Crippen molar-refractivity contribution in [2.75, 3.05) is 0 Å². The van der Waals surface area contributed by atoms with Gasteiger partial charge in [-0.2, -0.15) is 0 Å². The zero-order valence-corrected chi connectivity index (χ0v) is 4.18. The van der Waals surface area contributed by atoms with Gasteiger partial charge in [0.1, 0.15) is 0 Å². The number of carbonyl (C=O) groups excluding carboxylic acids is 1. The summed E-state index contributed by atoms with van der Waals surface area (Å²) in [7, 11) is 0. The van der Waals surface area contributed by atoms with Crippen molar-refractivity contribution in [2.24, 2.45) is 0 Å². The molecule has 7 heavy (non-hydrogen) atoms. The molecule has 0 heterocycles. The van der Waals surface area contributed by atoms with Crippen LogP contribution in [0, 0.1) is 6.42 Å². The quantitative estimate of drug-likeness (QED) is 0.379. The molecule has 0 saturated heterocycles. The monoisotopic (exact) mass is 99.0 g/mol. The van der Waals surface area contributed by atoms with E-state index in [0.717, 1.165) is 6.26 Å². The first kappa shape index (κ1) is 6.21. The number of esters is 1. The van der Waals surface area contributed by atoms with E-state index in [4.69, 9.17) is 0 Å². The van der Waals surface area contributed by atoms with Crippen molar-refractivity contribution < 1.29 is 9.53 Å². The Morgan fingerprint density at radius 2 is 2.43 bits per heavy atom. The van der Waals surface area contributed by atoms with E-state index in [1.807, 2.05) is 0 Å². The topological polar surface area (TPSA) is 26.3 Å². The molecule has 0 unspecified atom stereocenters. The van der Waals surface area contributed by atoms with Crippen LogP contribution >= 0.6 is 0 Å². The fourth-order valence-corrected chi connectivity index (χ4v) is 0.150. The van der Waals surface area contributed by atoms with E-state index >= 15 is 0 Å². The predicted molar refractivity (Wildman–Crippen MR) is 26.3 cm³/mol. The van der Waals surface area contributed by atoms with Crippen LogP contribution in [0.2, 0.25) is 0 Å². The summed E-state index contributed by atoms with van der Waals surface area (Å²) in [5.74, 6) is -0.366. The van der Waals surface area contributed by atoms with Gasteiger partial charge in [0, 0.05) is 0 Å². The Morgan fingerprint density at radius 3 is 2.57 bits per heavy atom. The van der Waals surface area contributed by atoms with Crippen LogP contribution in [0.3, 0.4) is 0 Å². The highest BCUT2D eigenvalue weighted by Crippen LogP contribution is 1.79. The van der Waals surface area contributed by atoms with Crippen LogP contribution in [0.4, 0.5) is 0 Å². The number of hydrogen-bond donors (Lipinski definition) is 0. The second-order valence-corrected chi connectivity index (χ2v) is 0.892. The maximum Gasteiger partial charge on any atom is 0.314 e. The highest BCUT2D eigenvalue weighted by atomic mass is 16.5. The third kappa shape index (κ3) is 3.03. The Balaban J connectivity index is 3.17. The van der Waals surface area contributed by atoms with Crippen molar-refractivity contribution in [3.63, 3.8) is 0 Å². The molecule has 0 spiro atoms. The van der Waals surface area contributed by atoms with Gasteiger partial charge < -0.3 is 4.74 Å². The average Bonchev–Trinajstić information content (AvgIpc) is 1.68. The Bertz CT molecular complexity index is 76.1. The molecule has 2 heteroatoms. The Hall–Kier alpha value is -0.790. The molecule has 0 aromatic carbocycles. The maximum absolute atomic E-state index is 10.1. The molecular weight excluding hydrogens is 92.1 g/mol. The third-order valence-corrected chi connectivity index (χ3v) is 0.435. The van der Waals surface area contributed by atoms with Crippen molar-refractivity contribution in [1.82, 2.24) is 0 Å². The summed E-state index contributed by atoms with van der Waals surface area (Å²) < 4.78 is 4.26. The summed E-state index contributed by atoms with van der Waals surface area (Å²) in [5, 5.41) is 0. The first-order valence-electron chi connectivity index (χ1n) is 1.92. The van der Waals surface area contributed by atoms with E-state index in [1.54, 1.807) is 6.92 Å². The van der Waals surface area contributed by atoms with Crippen molar-refractivity contribution >= 4 is 5.97 Å². The highest BCUT2D eigenvalue weighted by Gasteiger charge is 1.90. The smallest absolute Gasteiger partial charge is 0.314 e. The molecule has 0 amide bonds. The van der Waals surface area contributed by atoms with Gasteiger partial charge >= 0.3 is 5.97 Å². The molecule has 39 valence electrons. The summed E-state index contributed by atoms with van der Waals surface area (Å²) >= 11 is 0. The van der Waals surface area contributed by atoms with Crippen LogP contribution in [0.25, 0.3) is 0 Å². The summed E-state index contributed by atoms with van der Waals surface area (Å²) in [4.78, 5) is 10.1. The SMILES string of the molecule is C=COC(=O)[CH]C. The number of hydrogen-bond acceptors (Lipinski definition) is 2. The number of ether oxygens (including phenoxy) is 1. The third-order valence-electron chi connectivity index (χ3n) is 0.435. The van der Waals surface area contributed by atoms with Crippen LogP contribution in [0.15, 0.2) is 12.8 Å². The minimum Gasteiger partial charge on any atom is -0.435 e. The van der Waals surface area contributed by atoms with Crippen LogP contribution in [0.1, 0.15) is 6.92 Å². The second-order valence-electron chi connectivity index (χ2n) is 0.892. The molecule has 0 aliphatic rings. The van der Waals surface area contributed by atoms with Gasteiger partial charge in [0.25, 0.3) is 0 Å². The average molecular weight is 99.1 g/mol. The van der Waals surface area contributed by atoms with Crippen LogP contribution < -0.4 is 0 Å². The van der Waals surface area contributed by atoms with Gasteiger partial charge in [0.05, 0.1) is 12.7 Å². The molecule has 0 bridgehead atoms. The lowest BCUT2D eigenvalue weighted by Gasteiger charge is -1.88. The van der Waals surface area contributed by atoms with E-state index < -0.39 is 0 Å². The molecule has 0 saturated carbocycles. The Kier molecular flexibility index (Phi) is 3.02. The molecule has 2 nitrogen and oxygen atoms in total. The van der Waals surface area contributed by atoms with Crippen molar-refractivity contribution in [1.29, 1.82) is 0 Å². The van der Waals surface area contributed by atoms with Gasteiger partial charge in [-0.3, -0.25) is 4.79 Å². The van der Waals surface area contributed by atoms with Crippen molar-refractivity contribution in [3.8, 4) is 0 Å². The van der Waals surface area contributed by atoms with Gasteiger partial charge in [0.2, 0.25) is 0 Å². The molecular formula is C5H7O2. The van der Waals surface area contributed by atoms with E-state index in [-0.39, 0.29) is 5.97 Å². The standard InChI is InChI=1S/C5H7O2/c1-3-5(6)7-4-2/h3-4H,2H2,1H3. The number of rotatable bonds is 2. The predicted octanol–water partition coefficient (Wildman–Crippen LogP) is 0.897. The Labute approximate surface area is 42.8 Å². The van der Waals surface area contributed by atoms with E-state index in [1.165, 1.54) is 6.42 Å². The lowest BCUT2D eigenvalue weighted by Crippen LogP contribution is -1.95. The summed E-state index contributed by atoms with van der Waals surface area (Å²) in [6, 6.07) is 0. The lowest BCUT2D eigenvalue weighted by atomic mass is 10.5. The molecule has 0 aromatic rings. The van der Waals surface area contributed by atoms with Crippen LogP contribution in [-0.2, 0) is 9.53 Å². The molecule has 0 rings (SSSR count). The summed E-state index contributed by atoms with van der Waals surface area (Å²) in [6.45, 7) is 4.79. The lowest BCUT2D eigenvalue weighted by molar-refractivity contribution is -0.133. The fraction of sp³-hybridized carbons (Fsp3) is 0.200. The second kappa shape index (κ2) is 3.40. The molecule has 0 atom stereocenters. The molecule has 0 N–H and O–H groups in total. The molecule has 0 fully saturated rings. The molecule has 0 aliphatic heterocycles. The van der Waals surface area contributed by atoms with Gasteiger partial charge in [-0.05, 0) is 0 Å². The first-order valence-corrected chi connectivity index (χ1v) is 1.92. The van der Waals surface area contributed by atoms with E-state index in [2.05, 4.69) is 11.3 Å². The zero-order valence-electron chi connectivity index (χ0n) is 4.18. The van der Waals surface area contributed by atoms with Crippen LogP contribution in [0.5, 0.6) is 0 Å². The van der Waals surface area contributed by atoms with Crippen LogP contribution in [-0.4, -0.2) is 5.97 Å². The zero-order chi connectivity index (χ0) is 5.70. The highest BCUT2D eigenvalue weighted by molar-refractivity contribution is 5.78. The summed E-state index contributed by atoms with van der Waals surface area (Å²) in [5.41, 5.74) is 0. The normalized spacial score (nSPS) is 7.57. The van der Waals surface area contributed by atoms with Gasteiger partial charge in [-0.1, -0.05) is 13.5 Å². The minimum atomic E-state index is -0.366. The fourth-order valence-electron chi connectivity index (χ4n) is 0.150. The van der Waals surface area contributed by atoms with Gasteiger partial charge in [-0.15, -0.1) is 0 Å². The van der Waals surface area contributed by atoms with Gasteiger partial charge in [-0.25, -0.2) is 0 Å². The van der Waals surface area contributed by atoms with Gasteiger partial charge in [0.15, 0.2) is 0 Å². The van der Waals surface area contributed by atoms with E-state index in [9.17, 15) is 4.79 Å².